The number of carbonyl (C=O) groups is 1. The quantitative estimate of drug-likeness (QED) is 0.884. The second-order valence-corrected chi connectivity index (χ2v) is 3.73. The molecule has 2 heterocycles. The van der Waals surface area contributed by atoms with Crippen LogP contribution in [0.1, 0.15) is 16.2 Å². The summed E-state index contributed by atoms with van der Waals surface area (Å²) in [6.45, 7) is 1.84. The highest BCUT2D eigenvalue weighted by molar-refractivity contribution is 6.29. The first-order valence-electron chi connectivity index (χ1n) is 4.88. The SMILES string of the molecule is Cc1cccc(NC(=O)c2cnc(Cl)cn2)n1. The fourth-order valence-corrected chi connectivity index (χ4v) is 1.32. The zero-order valence-electron chi connectivity index (χ0n) is 9.01. The largest absolute Gasteiger partial charge is 0.305 e. The van der Waals surface area contributed by atoms with Gasteiger partial charge in [0.25, 0.3) is 5.91 Å². The van der Waals surface area contributed by atoms with Crippen LogP contribution in [0.2, 0.25) is 5.15 Å². The van der Waals surface area contributed by atoms with E-state index in [0.717, 1.165) is 5.69 Å². The average molecular weight is 249 g/mol. The lowest BCUT2D eigenvalue weighted by Gasteiger charge is -2.03. The molecule has 0 aromatic carbocycles. The Bertz CT molecular complexity index is 541. The molecule has 0 aliphatic rings. The Kier molecular flexibility index (Phi) is 3.30. The number of halogens is 1. The monoisotopic (exact) mass is 248 g/mol. The highest BCUT2D eigenvalue weighted by atomic mass is 35.5. The van der Waals surface area contributed by atoms with Gasteiger partial charge >= 0.3 is 0 Å². The van der Waals surface area contributed by atoms with E-state index in [0.29, 0.717) is 5.82 Å². The Balaban J connectivity index is 2.14. The summed E-state index contributed by atoms with van der Waals surface area (Å²) in [7, 11) is 0. The summed E-state index contributed by atoms with van der Waals surface area (Å²) >= 11 is 5.58. The molecule has 86 valence electrons. The molecular formula is C11H9ClN4O. The Morgan fingerprint density at radius 1 is 1.29 bits per heavy atom. The maximum atomic E-state index is 11.7. The molecule has 1 amide bonds. The third-order valence-electron chi connectivity index (χ3n) is 1.98. The normalized spacial score (nSPS) is 10.0. The summed E-state index contributed by atoms with van der Waals surface area (Å²) < 4.78 is 0. The molecule has 2 aromatic heterocycles. The van der Waals surface area contributed by atoms with E-state index in [4.69, 9.17) is 11.6 Å². The standard InChI is InChI=1S/C11H9ClN4O/c1-7-3-2-4-10(15-7)16-11(17)8-5-14-9(12)6-13-8/h2-6H,1H3,(H,15,16,17). The maximum Gasteiger partial charge on any atom is 0.277 e. The third kappa shape index (κ3) is 2.98. The van der Waals surface area contributed by atoms with E-state index >= 15 is 0 Å². The Hall–Kier alpha value is -2.01. The van der Waals surface area contributed by atoms with E-state index in [1.54, 1.807) is 6.07 Å². The first-order chi connectivity index (χ1) is 8.15. The van der Waals surface area contributed by atoms with Crippen LogP contribution in [0.15, 0.2) is 30.6 Å². The summed E-state index contributed by atoms with van der Waals surface area (Å²) in [4.78, 5) is 23.5. The molecule has 0 aliphatic carbocycles. The Morgan fingerprint density at radius 2 is 2.12 bits per heavy atom. The van der Waals surface area contributed by atoms with Crippen LogP contribution in [0, 0.1) is 6.92 Å². The van der Waals surface area contributed by atoms with Crippen molar-refractivity contribution < 1.29 is 4.79 Å². The van der Waals surface area contributed by atoms with Crippen LogP contribution in [-0.2, 0) is 0 Å². The highest BCUT2D eigenvalue weighted by Gasteiger charge is 2.08. The molecule has 0 aliphatic heterocycles. The fourth-order valence-electron chi connectivity index (χ4n) is 1.22. The van der Waals surface area contributed by atoms with Crippen molar-refractivity contribution in [1.29, 1.82) is 0 Å². The molecule has 0 fully saturated rings. The van der Waals surface area contributed by atoms with Crippen LogP contribution >= 0.6 is 11.6 Å². The first kappa shape index (κ1) is 11.5. The van der Waals surface area contributed by atoms with Gasteiger partial charge in [0.15, 0.2) is 0 Å². The van der Waals surface area contributed by atoms with Crippen LogP contribution in [0.25, 0.3) is 0 Å². The molecule has 0 saturated carbocycles. The minimum atomic E-state index is -0.368. The fraction of sp³-hybridized carbons (Fsp3) is 0.0909. The van der Waals surface area contributed by atoms with Gasteiger partial charge in [0.2, 0.25) is 0 Å². The molecule has 17 heavy (non-hydrogen) atoms. The topological polar surface area (TPSA) is 67.8 Å². The maximum absolute atomic E-state index is 11.7. The summed E-state index contributed by atoms with van der Waals surface area (Å²) in [5.74, 6) is 0.110. The van der Waals surface area contributed by atoms with Crippen molar-refractivity contribution in [2.24, 2.45) is 0 Å². The van der Waals surface area contributed by atoms with Crippen molar-refractivity contribution in [2.75, 3.05) is 5.32 Å². The summed E-state index contributed by atoms with van der Waals surface area (Å²) in [6, 6.07) is 5.36. The molecule has 0 unspecified atom stereocenters. The molecule has 2 aromatic rings. The minimum Gasteiger partial charge on any atom is -0.305 e. The molecule has 6 heteroatoms. The van der Waals surface area contributed by atoms with E-state index in [1.807, 2.05) is 19.1 Å². The van der Waals surface area contributed by atoms with Crippen molar-refractivity contribution in [3.63, 3.8) is 0 Å². The van der Waals surface area contributed by atoms with Gasteiger partial charge in [-0.1, -0.05) is 17.7 Å². The van der Waals surface area contributed by atoms with Crippen molar-refractivity contribution >= 4 is 23.3 Å². The molecule has 0 spiro atoms. The predicted molar refractivity (Wildman–Crippen MR) is 64.0 cm³/mol. The molecule has 0 atom stereocenters. The first-order valence-corrected chi connectivity index (χ1v) is 5.25. The molecule has 2 rings (SSSR count). The molecular weight excluding hydrogens is 240 g/mol. The zero-order chi connectivity index (χ0) is 12.3. The lowest BCUT2D eigenvalue weighted by Crippen LogP contribution is -2.14. The van der Waals surface area contributed by atoms with Gasteiger partial charge in [0.05, 0.1) is 12.4 Å². The van der Waals surface area contributed by atoms with Crippen molar-refractivity contribution in [2.45, 2.75) is 6.92 Å². The zero-order valence-corrected chi connectivity index (χ0v) is 9.77. The Morgan fingerprint density at radius 3 is 2.76 bits per heavy atom. The predicted octanol–water partition coefficient (Wildman–Crippen LogP) is 2.09. The lowest BCUT2D eigenvalue weighted by atomic mass is 10.3. The second kappa shape index (κ2) is 4.88. The molecule has 1 N–H and O–H groups in total. The summed E-state index contributed by atoms with van der Waals surface area (Å²) in [5.41, 5.74) is 1.02. The van der Waals surface area contributed by atoms with Crippen molar-refractivity contribution in [3.05, 3.63) is 47.1 Å². The number of hydrogen-bond acceptors (Lipinski definition) is 4. The summed E-state index contributed by atoms with van der Waals surface area (Å²) in [5, 5.41) is 2.87. The number of nitrogens with one attached hydrogen (secondary N) is 1. The number of nitrogens with zero attached hydrogens (tertiary/aromatic N) is 3. The van der Waals surface area contributed by atoms with Crippen molar-refractivity contribution in [3.8, 4) is 0 Å². The number of carbonyl (C=O) groups excluding carboxylic acids is 1. The van der Waals surface area contributed by atoms with E-state index in [9.17, 15) is 4.79 Å². The van der Waals surface area contributed by atoms with Gasteiger partial charge in [-0.25, -0.2) is 15.0 Å². The Labute approximate surface area is 103 Å². The third-order valence-corrected chi connectivity index (χ3v) is 2.18. The number of aryl methyl sites for hydroxylation is 1. The van der Waals surface area contributed by atoms with Crippen LogP contribution in [-0.4, -0.2) is 20.9 Å². The van der Waals surface area contributed by atoms with Gasteiger partial charge in [-0.3, -0.25) is 4.79 Å². The smallest absolute Gasteiger partial charge is 0.277 e. The van der Waals surface area contributed by atoms with E-state index < -0.39 is 0 Å². The van der Waals surface area contributed by atoms with E-state index in [2.05, 4.69) is 20.3 Å². The highest BCUT2D eigenvalue weighted by Crippen LogP contribution is 2.07. The summed E-state index contributed by atoms with van der Waals surface area (Å²) in [6.07, 6.45) is 2.63. The number of amides is 1. The van der Waals surface area contributed by atoms with Gasteiger partial charge < -0.3 is 5.32 Å². The molecule has 0 saturated heterocycles. The average Bonchev–Trinajstić information content (AvgIpc) is 2.29. The molecule has 0 bridgehead atoms. The van der Waals surface area contributed by atoms with Crippen molar-refractivity contribution in [1.82, 2.24) is 15.0 Å². The molecule has 0 radical (unpaired) electrons. The molecule has 5 nitrogen and oxygen atoms in total. The lowest BCUT2D eigenvalue weighted by molar-refractivity contribution is 0.102. The van der Waals surface area contributed by atoms with Gasteiger partial charge in [0, 0.05) is 5.69 Å². The van der Waals surface area contributed by atoms with Crippen LogP contribution in [0.3, 0.4) is 0 Å². The van der Waals surface area contributed by atoms with Gasteiger partial charge in [-0.15, -0.1) is 0 Å². The number of anilines is 1. The minimum absolute atomic E-state index is 0.192. The van der Waals surface area contributed by atoms with Gasteiger partial charge in [0.1, 0.15) is 16.7 Å². The number of rotatable bonds is 2. The van der Waals surface area contributed by atoms with Crippen LogP contribution in [0.4, 0.5) is 5.82 Å². The second-order valence-electron chi connectivity index (χ2n) is 3.34. The van der Waals surface area contributed by atoms with Crippen LogP contribution < -0.4 is 5.32 Å². The van der Waals surface area contributed by atoms with E-state index in [1.165, 1.54) is 12.4 Å². The van der Waals surface area contributed by atoms with Gasteiger partial charge in [-0.05, 0) is 19.1 Å². The number of aromatic nitrogens is 3. The number of hydrogen-bond donors (Lipinski definition) is 1. The van der Waals surface area contributed by atoms with E-state index in [-0.39, 0.29) is 16.8 Å². The number of pyridine rings is 1. The van der Waals surface area contributed by atoms with Gasteiger partial charge in [-0.2, -0.15) is 0 Å². The van der Waals surface area contributed by atoms with Crippen LogP contribution in [0.5, 0.6) is 0 Å².